The number of carbonyl (C=O) groups is 12. The molecule has 502 valence electrons. The SMILES string of the molecule is CCC(C)C(NC(=O)C(Cc1ccc(O)cc1)NC(=O)C(CSCc1ccccc1)NC(=O)OCc1ccccc1)C(=O)NC(CCC(N)=O)C(=O)NC(CC(N)=O)C(=O)NC(CSCc1ccccc1)C(=O)N1CCCC1C(=O)NC(CC(C)C)C(=O)NCC(N)=O. The van der Waals surface area contributed by atoms with Crippen LogP contribution in [0.5, 0.6) is 5.75 Å². The molecule has 9 unspecified atom stereocenters. The highest BCUT2D eigenvalue weighted by atomic mass is 32.2. The van der Waals surface area contributed by atoms with Crippen molar-refractivity contribution in [1.29, 1.82) is 0 Å². The van der Waals surface area contributed by atoms with E-state index in [0.29, 0.717) is 29.1 Å². The number of amides is 12. The number of aromatic hydroxyl groups is 1. The number of alkyl carbamates (subject to hydrolysis) is 1. The van der Waals surface area contributed by atoms with Gasteiger partial charge in [0.05, 0.1) is 13.0 Å². The minimum atomic E-state index is -1.80. The summed E-state index contributed by atoms with van der Waals surface area (Å²) >= 11 is 2.59. The minimum absolute atomic E-state index is 0.0285. The number of likely N-dealkylation sites (tertiary alicyclic amines) is 1. The summed E-state index contributed by atoms with van der Waals surface area (Å²) < 4.78 is 5.46. The van der Waals surface area contributed by atoms with Crippen molar-refractivity contribution in [3.8, 4) is 5.75 Å². The van der Waals surface area contributed by atoms with E-state index in [1.54, 1.807) is 44.2 Å². The number of benzene rings is 4. The highest BCUT2D eigenvalue weighted by molar-refractivity contribution is 7.98. The van der Waals surface area contributed by atoms with Crippen molar-refractivity contribution < 1.29 is 67.4 Å². The van der Waals surface area contributed by atoms with Crippen LogP contribution in [0.2, 0.25) is 0 Å². The monoisotopic (exact) mass is 1320 g/mol. The van der Waals surface area contributed by atoms with Crippen molar-refractivity contribution in [2.45, 2.75) is 146 Å². The highest BCUT2D eigenvalue weighted by Gasteiger charge is 2.41. The number of nitrogens with one attached hydrogen (secondary N) is 8. The van der Waals surface area contributed by atoms with Gasteiger partial charge in [-0.05, 0) is 71.9 Å². The Morgan fingerprint density at radius 3 is 1.65 bits per heavy atom. The van der Waals surface area contributed by atoms with E-state index in [1.165, 1.54) is 52.7 Å². The van der Waals surface area contributed by atoms with E-state index in [4.69, 9.17) is 21.9 Å². The average Bonchev–Trinajstić information content (AvgIpc) is 1.80. The zero-order valence-electron chi connectivity index (χ0n) is 52.6. The Morgan fingerprint density at radius 2 is 1.09 bits per heavy atom. The molecule has 4 aromatic carbocycles. The van der Waals surface area contributed by atoms with Crippen molar-refractivity contribution in [3.05, 3.63) is 138 Å². The number of thioether (sulfide) groups is 2. The lowest BCUT2D eigenvalue weighted by molar-refractivity contribution is -0.142. The Bertz CT molecular complexity index is 3170. The topological polar surface area (TPSA) is 412 Å². The van der Waals surface area contributed by atoms with Gasteiger partial charge >= 0.3 is 6.09 Å². The van der Waals surface area contributed by atoms with Gasteiger partial charge in [-0.1, -0.05) is 137 Å². The second-order valence-electron chi connectivity index (χ2n) is 23.0. The number of phenolic OH excluding ortho intramolecular Hbond substituents is 1. The molecule has 28 heteroatoms. The first kappa shape index (κ1) is 74.5. The fourth-order valence-electron chi connectivity index (χ4n) is 9.85. The van der Waals surface area contributed by atoms with Gasteiger partial charge in [0, 0.05) is 42.4 Å². The summed E-state index contributed by atoms with van der Waals surface area (Å²) in [7, 11) is 0. The molecule has 0 saturated carbocycles. The van der Waals surface area contributed by atoms with Gasteiger partial charge in [-0.2, -0.15) is 23.5 Å². The Morgan fingerprint density at radius 1 is 0.559 bits per heavy atom. The number of hydrogen-bond acceptors (Lipinski definition) is 16. The molecule has 1 heterocycles. The predicted octanol–water partition coefficient (Wildman–Crippen LogP) is 1.83. The summed E-state index contributed by atoms with van der Waals surface area (Å²) in [6, 6.07) is 22.1. The van der Waals surface area contributed by atoms with Crippen LogP contribution >= 0.6 is 23.5 Å². The number of phenols is 1. The zero-order chi connectivity index (χ0) is 68.0. The molecule has 1 fully saturated rings. The molecular weight excluding hydrogens is 1240 g/mol. The molecule has 0 aromatic heterocycles. The maximum Gasteiger partial charge on any atom is 0.408 e. The second kappa shape index (κ2) is 38.6. The van der Waals surface area contributed by atoms with Crippen LogP contribution in [-0.4, -0.2) is 154 Å². The molecule has 9 atom stereocenters. The minimum Gasteiger partial charge on any atom is -0.508 e. The molecule has 5 rings (SSSR count). The quantitative estimate of drug-likeness (QED) is 0.0305. The molecule has 4 aromatic rings. The average molecular weight is 1320 g/mol. The number of primary amides is 3. The standard InChI is InChI=1S/C65H86N12O14S2/c1-5-40(4)56(76-60(85)48(31-41-23-25-45(78)26-24-41)71-61(86)50(37-92-35-43-18-11-7-12-19-43)75-65(90)91-34-42-16-9-6-10-17-42)63(88)70-46(27-28-53(66)79)58(83)72-49(32-54(67)80)59(84)74-51(38-93-36-44-20-13-8-14-21-44)64(89)77-29-15-22-52(77)62(87)73-47(30-39(2)3)57(82)69-33-55(68)81/h6-14,16-21,23-26,39-40,46-52,56,78H,5,15,22,27-38H2,1-4H3,(H2,66,79)(H2,67,80)(H2,68,81)(H,69,82)(H,70,88)(H,71,86)(H,72,83)(H,73,87)(H,74,84)(H,75,90)(H,76,85). The van der Waals surface area contributed by atoms with Crippen LogP contribution in [0.4, 0.5) is 4.79 Å². The summed E-state index contributed by atoms with van der Waals surface area (Å²) in [6.45, 7) is 6.52. The summed E-state index contributed by atoms with van der Waals surface area (Å²) in [5.41, 5.74) is 19.4. The van der Waals surface area contributed by atoms with Gasteiger partial charge in [0.1, 0.15) is 60.7 Å². The highest BCUT2D eigenvalue weighted by Crippen LogP contribution is 2.23. The first-order chi connectivity index (χ1) is 44.4. The zero-order valence-corrected chi connectivity index (χ0v) is 54.2. The molecule has 0 spiro atoms. The molecule has 93 heavy (non-hydrogen) atoms. The van der Waals surface area contributed by atoms with Gasteiger partial charge in [0.15, 0.2) is 0 Å². The second-order valence-corrected chi connectivity index (χ2v) is 25.0. The molecule has 15 N–H and O–H groups in total. The van der Waals surface area contributed by atoms with Gasteiger partial charge in [-0.25, -0.2) is 4.79 Å². The third-order valence-corrected chi connectivity index (χ3v) is 17.2. The van der Waals surface area contributed by atoms with Crippen LogP contribution in [0.15, 0.2) is 115 Å². The van der Waals surface area contributed by atoms with E-state index in [0.717, 1.165) is 11.1 Å². The fraction of sp³-hybridized carbons (Fsp3) is 0.446. The smallest absolute Gasteiger partial charge is 0.408 e. The molecule has 0 aliphatic carbocycles. The van der Waals surface area contributed by atoms with Gasteiger partial charge in [-0.3, -0.25) is 52.7 Å². The molecule has 26 nitrogen and oxygen atoms in total. The molecule has 1 aliphatic heterocycles. The molecule has 0 bridgehead atoms. The summed E-state index contributed by atoms with van der Waals surface area (Å²) in [4.78, 5) is 166. The molecule has 1 aliphatic rings. The summed E-state index contributed by atoms with van der Waals surface area (Å²) in [6.07, 6.45) is -1.86. The fourth-order valence-corrected chi connectivity index (χ4v) is 11.9. The maximum absolute atomic E-state index is 14.7. The Balaban J connectivity index is 1.38. The van der Waals surface area contributed by atoms with Gasteiger partial charge in [-0.15, -0.1) is 0 Å². The van der Waals surface area contributed by atoms with Crippen molar-refractivity contribution in [1.82, 2.24) is 47.4 Å². The summed E-state index contributed by atoms with van der Waals surface area (Å²) in [5, 5.41) is 31.0. The van der Waals surface area contributed by atoms with E-state index in [9.17, 15) is 62.6 Å². The number of nitrogens with two attached hydrogens (primary N) is 3. The van der Waals surface area contributed by atoms with Crippen LogP contribution in [0.1, 0.15) is 94.9 Å². The molecule has 0 radical (unpaired) electrons. The first-order valence-corrected chi connectivity index (χ1v) is 33.0. The van der Waals surface area contributed by atoms with Gasteiger partial charge < -0.3 is 74.5 Å². The number of ether oxygens (including phenoxy) is 1. The largest absolute Gasteiger partial charge is 0.508 e. The predicted molar refractivity (Wildman–Crippen MR) is 350 cm³/mol. The van der Waals surface area contributed by atoms with Gasteiger partial charge in [0.25, 0.3) is 0 Å². The normalized spacial score (nSPS) is 15.2. The number of carbonyl (C=O) groups excluding carboxylic acids is 12. The first-order valence-electron chi connectivity index (χ1n) is 30.6. The number of rotatable bonds is 38. The Labute approximate surface area is 549 Å². The summed E-state index contributed by atoms with van der Waals surface area (Å²) in [5.74, 6) is -9.59. The lowest BCUT2D eigenvalue weighted by Gasteiger charge is -2.31. The third-order valence-electron chi connectivity index (χ3n) is 15.0. The maximum atomic E-state index is 14.7. The number of nitrogens with zero attached hydrogens (tertiary/aromatic N) is 1. The molecular formula is C65H86N12O14S2. The van der Waals surface area contributed by atoms with Crippen LogP contribution in [0, 0.1) is 11.8 Å². The lowest BCUT2D eigenvalue weighted by atomic mass is 9.96. The van der Waals surface area contributed by atoms with E-state index in [2.05, 4.69) is 42.5 Å². The van der Waals surface area contributed by atoms with E-state index < -0.39 is 151 Å². The van der Waals surface area contributed by atoms with Crippen LogP contribution < -0.4 is 59.7 Å². The van der Waals surface area contributed by atoms with Crippen LogP contribution in [0.25, 0.3) is 0 Å². The van der Waals surface area contributed by atoms with Gasteiger partial charge in [0.2, 0.25) is 65.0 Å². The Hall–Kier alpha value is -9.18. The van der Waals surface area contributed by atoms with E-state index in [-0.39, 0.29) is 62.0 Å². The molecule has 12 amide bonds. The van der Waals surface area contributed by atoms with Crippen LogP contribution in [0.3, 0.4) is 0 Å². The Kier molecular flexibility index (Phi) is 31.0. The number of hydrogen-bond donors (Lipinski definition) is 12. The lowest BCUT2D eigenvalue weighted by Crippen LogP contribution is -2.61. The van der Waals surface area contributed by atoms with Crippen molar-refractivity contribution in [3.63, 3.8) is 0 Å². The molecule has 1 saturated heterocycles. The van der Waals surface area contributed by atoms with Crippen LogP contribution in [-0.2, 0) is 82.0 Å². The van der Waals surface area contributed by atoms with E-state index >= 15 is 0 Å². The van der Waals surface area contributed by atoms with E-state index in [1.807, 2.05) is 74.5 Å². The third kappa shape index (κ3) is 26.2. The van der Waals surface area contributed by atoms with Crippen molar-refractivity contribution in [2.75, 3.05) is 24.6 Å². The van der Waals surface area contributed by atoms with Crippen molar-refractivity contribution in [2.24, 2.45) is 29.0 Å². The van der Waals surface area contributed by atoms with Crippen molar-refractivity contribution >= 4 is 94.6 Å².